The number of rotatable bonds is 2. The van der Waals surface area contributed by atoms with Gasteiger partial charge < -0.3 is 20.3 Å². The fourth-order valence-electron chi connectivity index (χ4n) is 4.06. The van der Waals surface area contributed by atoms with Crippen molar-refractivity contribution in [1.82, 2.24) is 15.1 Å². The number of nitrogens with one attached hydrogen (secondary N) is 2. The van der Waals surface area contributed by atoms with Crippen LogP contribution in [0.3, 0.4) is 0 Å². The van der Waals surface area contributed by atoms with Crippen LogP contribution in [0.15, 0.2) is 48.5 Å². The van der Waals surface area contributed by atoms with Crippen LogP contribution in [0.4, 0.5) is 10.5 Å². The summed E-state index contributed by atoms with van der Waals surface area (Å²) in [5.41, 5.74) is 2.80. The van der Waals surface area contributed by atoms with Crippen molar-refractivity contribution in [3.05, 3.63) is 48.5 Å². The van der Waals surface area contributed by atoms with Crippen molar-refractivity contribution in [1.29, 1.82) is 0 Å². The molecule has 0 radical (unpaired) electrons. The largest absolute Gasteiger partial charge is 0.490 e. The second kappa shape index (κ2) is 7.99. The molecule has 1 saturated carbocycles. The molecule has 3 aliphatic rings. The van der Waals surface area contributed by atoms with Crippen molar-refractivity contribution in [3.8, 4) is 16.9 Å². The lowest BCUT2D eigenvalue weighted by Crippen LogP contribution is -2.59. The van der Waals surface area contributed by atoms with Crippen LogP contribution in [0.25, 0.3) is 11.1 Å². The van der Waals surface area contributed by atoms with Crippen LogP contribution >= 0.6 is 0 Å². The van der Waals surface area contributed by atoms with Crippen molar-refractivity contribution >= 4 is 17.6 Å². The van der Waals surface area contributed by atoms with Crippen LogP contribution in [-0.4, -0.2) is 66.6 Å². The Labute approximate surface area is 176 Å². The van der Waals surface area contributed by atoms with E-state index in [2.05, 4.69) is 15.5 Å². The Morgan fingerprint density at radius 2 is 1.90 bits per heavy atom. The molecule has 5 rings (SSSR count). The SMILES string of the molecule is O=C1CN2CCN(C(=O)NC3CC3)C[C@H]2COc2ccc(-c3ccccc3)cc2N1. The number of anilines is 1. The van der Waals surface area contributed by atoms with E-state index in [4.69, 9.17) is 4.74 Å². The Hall–Kier alpha value is -3.06. The van der Waals surface area contributed by atoms with Crippen LogP contribution in [0.1, 0.15) is 12.8 Å². The van der Waals surface area contributed by atoms with Gasteiger partial charge in [0.2, 0.25) is 5.91 Å². The number of carbonyl (C=O) groups is 2. The number of benzene rings is 2. The van der Waals surface area contributed by atoms with Gasteiger partial charge in [-0.15, -0.1) is 0 Å². The topological polar surface area (TPSA) is 73.9 Å². The highest BCUT2D eigenvalue weighted by Gasteiger charge is 2.34. The Bertz CT molecular complexity index is 945. The number of piperazine rings is 1. The van der Waals surface area contributed by atoms with Crippen molar-refractivity contribution < 1.29 is 14.3 Å². The smallest absolute Gasteiger partial charge is 0.317 e. The molecule has 2 N–H and O–H groups in total. The van der Waals surface area contributed by atoms with Gasteiger partial charge in [0, 0.05) is 25.7 Å². The summed E-state index contributed by atoms with van der Waals surface area (Å²) >= 11 is 0. The minimum absolute atomic E-state index is 0.00521. The molecular formula is C23H26N4O3. The summed E-state index contributed by atoms with van der Waals surface area (Å²) in [4.78, 5) is 29.1. The number of nitrogens with zero attached hydrogens (tertiary/aromatic N) is 2. The van der Waals surface area contributed by atoms with E-state index in [0.717, 1.165) is 24.0 Å². The molecule has 2 heterocycles. The molecule has 0 spiro atoms. The summed E-state index contributed by atoms with van der Waals surface area (Å²) in [5, 5.41) is 6.07. The normalized spacial score (nSPS) is 21.8. The number of fused-ring (bicyclic) bond motifs is 2. The first-order chi connectivity index (χ1) is 14.7. The lowest BCUT2D eigenvalue weighted by molar-refractivity contribution is -0.118. The monoisotopic (exact) mass is 406 g/mol. The van der Waals surface area contributed by atoms with Gasteiger partial charge in [0.25, 0.3) is 0 Å². The predicted octanol–water partition coefficient (Wildman–Crippen LogP) is 2.54. The third-order valence-corrected chi connectivity index (χ3v) is 5.94. The quantitative estimate of drug-likeness (QED) is 0.804. The summed E-state index contributed by atoms with van der Waals surface area (Å²) < 4.78 is 6.12. The molecule has 1 aliphatic carbocycles. The number of carbonyl (C=O) groups excluding carboxylic acids is 2. The first kappa shape index (κ1) is 18.9. The van der Waals surface area contributed by atoms with Crippen LogP contribution in [-0.2, 0) is 4.79 Å². The first-order valence-corrected chi connectivity index (χ1v) is 10.6. The van der Waals surface area contributed by atoms with Gasteiger partial charge in [0.1, 0.15) is 12.4 Å². The average molecular weight is 406 g/mol. The number of ether oxygens (including phenoxy) is 1. The highest BCUT2D eigenvalue weighted by atomic mass is 16.5. The van der Waals surface area contributed by atoms with Crippen LogP contribution in [0, 0.1) is 0 Å². The maximum Gasteiger partial charge on any atom is 0.317 e. The minimum atomic E-state index is -0.0622. The van der Waals surface area contributed by atoms with Crippen LogP contribution in [0.2, 0.25) is 0 Å². The lowest BCUT2D eigenvalue weighted by Gasteiger charge is -2.40. The van der Waals surface area contributed by atoms with Gasteiger partial charge in [-0.2, -0.15) is 0 Å². The summed E-state index contributed by atoms with van der Waals surface area (Å²) in [5.74, 6) is 0.595. The molecule has 1 saturated heterocycles. The zero-order valence-corrected chi connectivity index (χ0v) is 16.8. The summed E-state index contributed by atoms with van der Waals surface area (Å²) in [6, 6.07) is 16.2. The maximum atomic E-state index is 12.7. The Morgan fingerprint density at radius 3 is 2.70 bits per heavy atom. The summed E-state index contributed by atoms with van der Waals surface area (Å²) in [6.07, 6.45) is 2.14. The van der Waals surface area contributed by atoms with E-state index >= 15 is 0 Å². The molecule has 2 aliphatic heterocycles. The second-order valence-electron chi connectivity index (χ2n) is 8.23. The molecule has 2 aromatic rings. The molecule has 156 valence electrons. The first-order valence-electron chi connectivity index (χ1n) is 10.6. The number of amides is 3. The highest BCUT2D eigenvalue weighted by Crippen LogP contribution is 2.32. The molecule has 0 bridgehead atoms. The van der Waals surface area contributed by atoms with E-state index < -0.39 is 0 Å². The Balaban J connectivity index is 1.34. The third kappa shape index (κ3) is 4.11. The van der Waals surface area contributed by atoms with Gasteiger partial charge in [-0.3, -0.25) is 9.69 Å². The van der Waals surface area contributed by atoms with E-state index in [-0.39, 0.29) is 18.0 Å². The zero-order chi connectivity index (χ0) is 20.5. The number of urea groups is 1. The molecule has 7 nitrogen and oxygen atoms in total. The van der Waals surface area contributed by atoms with E-state index in [1.54, 1.807) is 0 Å². The summed E-state index contributed by atoms with van der Waals surface area (Å²) in [6.45, 7) is 2.56. The van der Waals surface area contributed by atoms with Crippen molar-refractivity contribution in [3.63, 3.8) is 0 Å². The lowest BCUT2D eigenvalue weighted by atomic mass is 10.0. The van der Waals surface area contributed by atoms with Crippen molar-refractivity contribution in [2.45, 2.75) is 24.9 Å². The highest BCUT2D eigenvalue weighted by molar-refractivity contribution is 5.94. The van der Waals surface area contributed by atoms with Crippen LogP contribution < -0.4 is 15.4 Å². The fourth-order valence-corrected chi connectivity index (χ4v) is 4.06. The van der Waals surface area contributed by atoms with Gasteiger partial charge in [-0.25, -0.2) is 4.79 Å². The van der Waals surface area contributed by atoms with Gasteiger partial charge in [0.15, 0.2) is 0 Å². The van der Waals surface area contributed by atoms with Gasteiger partial charge in [-0.05, 0) is 36.1 Å². The maximum absolute atomic E-state index is 12.7. The van der Waals surface area contributed by atoms with E-state index in [0.29, 0.717) is 50.3 Å². The molecule has 3 amide bonds. The van der Waals surface area contributed by atoms with Gasteiger partial charge in [-0.1, -0.05) is 36.4 Å². The molecular weight excluding hydrogens is 380 g/mol. The fraction of sp³-hybridized carbons (Fsp3) is 0.391. The molecule has 30 heavy (non-hydrogen) atoms. The van der Waals surface area contributed by atoms with Crippen molar-refractivity contribution in [2.24, 2.45) is 0 Å². The standard InChI is InChI=1S/C23H26N4O3/c28-22-14-26-10-11-27(23(29)24-18-7-8-18)13-19(26)15-30-21-9-6-17(12-20(21)25-22)16-4-2-1-3-5-16/h1-6,9,12,18-19H,7-8,10-11,13-15H2,(H,24,29)(H,25,28)/t19-/m0/s1. The zero-order valence-electron chi connectivity index (χ0n) is 16.8. The van der Waals surface area contributed by atoms with Crippen molar-refractivity contribution in [2.75, 3.05) is 38.1 Å². The van der Waals surface area contributed by atoms with Crippen LogP contribution in [0.5, 0.6) is 5.75 Å². The minimum Gasteiger partial charge on any atom is -0.490 e. The molecule has 0 aromatic heterocycles. The van der Waals surface area contributed by atoms with E-state index in [1.807, 2.05) is 53.4 Å². The number of hydrogen-bond acceptors (Lipinski definition) is 4. The van der Waals surface area contributed by atoms with Gasteiger partial charge in [0.05, 0.1) is 18.3 Å². The Morgan fingerprint density at radius 1 is 1.07 bits per heavy atom. The molecule has 2 fully saturated rings. The molecule has 2 aromatic carbocycles. The van der Waals surface area contributed by atoms with Gasteiger partial charge >= 0.3 is 6.03 Å². The van der Waals surface area contributed by atoms with E-state index in [1.165, 1.54) is 0 Å². The third-order valence-electron chi connectivity index (χ3n) is 5.94. The number of hydrogen-bond donors (Lipinski definition) is 2. The summed E-state index contributed by atoms with van der Waals surface area (Å²) in [7, 11) is 0. The second-order valence-corrected chi connectivity index (χ2v) is 8.23. The molecule has 7 heteroatoms. The molecule has 0 unspecified atom stereocenters. The van der Waals surface area contributed by atoms with E-state index in [9.17, 15) is 9.59 Å². The Kier molecular flexibility index (Phi) is 5.04. The predicted molar refractivity (Wildman–Crippen MR) is 114 cm³/mol. The average Bonchev–Trinajstić information content (AvgIpc) is 3.57. The molecule has 1 atom stereocenters.